The summed E-state index contributed by atoms with van der Waals surface area (Å²) in [5.41, 5.74) is 5.36. The first-order chi connectivity index (χ1) is 15.5. The largest absolute Gasteiger partial charge is 0.381 e. The number of carbonyl (C=O) groups excluding carboxylic acids is 1. The Morgan fingerprint density at radius 3 is 2.66 bits per heavy atom. The molecular weight excluding hydrogens is 426 g/mol. The number of allylic oxidation sites excluding steroid dienone is 2. The number of aromatic nitrogens is 2. The topological polar surface area (TPSA) is 113 Å². The van der Waals surface area contributed by atoms with Crippen LogP contribution in [0.5, 0.6) is 0 Å². The minimum Gasteiger partial charge on any atom is -0.381 e. The number of ketones is 1. The van der Waals surface area contributed by atoms with Crippen LogP contribution >= 0.6 is 0 Å². The van der Waals surface area contributed by atoms with Gasteiger partial charge >= 0.3 is 11.6 Å². The highest BCUT2D eigenvalue weighted by atomic mass is 32.1. The number of nitrogens with zero attached hydrogens (tertiary/aromatic N) is 2. The molecular formula is C24H27N3O4S. The van der Waals surface area contributed by atoms with Gasteiger partial charge in [0, 0.05) is 19.6 Å². The Bertz CT molecular complexity index is 1070. The molecule has 2 aromatic rings. The molecule has 8 heteroatoms. The molecule has 1 saturated heterocycles. The van der Waals surface area contributed by atoms with Gasteiger partial charge in [0.15, 0.2) is 5.82 Å². The van der Waals surface area contributed by atoms with E-state index in [0.717, 1.165) is 44.5 Å². The number of ether oxygens (including phenoxy) is 1. The second-order valence-electron chi connectivity index (χ2n) is 8.45. The zero-order valence-corrected chi connectivity index (χ0v) is 19.0. The highest BCUT2D eigenvalue weighted by Gasteiger charge is 2.30. The van der Waals surface area contributed by atoms with Gasteiger partial charge < -0.3 is 9.72 Å². The molecule has 32 heavy (non-hydrogen) atoms. The number of H-pyrrole nitrogens is 1. The molecule has 7 nitrogen and oxygen atoms in total. The summed E-state index contributed by atoms with van der Waals surface area (Å²) in [6.07, 6.45) is 10.7. The van der Waals surface area contributed by atoms with E-state index in [2.05, 4.69) is 41.2 Å². The van der Waals surface area contributed by atoms with Crippen LogP contribution in [-0.2, 0) is 28.1 Å². The third-order valence-electron chi connectivity index (χ3n) is 6.35. The Morgan fingerprint density at radius 1 is 1.28 bits per heavy atom. The van der Waals surface area contributed by atoms with Gasteiger partial charge in [0.05, 0.1) is 6.20 Å². The van der Waals surface area contributed by atoms with Crippen molar-refractivity contribution in [3.63, 3.8) is 0 Å². The molecule has 0 radical (unpaired) electrons. The molecule has 1 aliphatic heterocycles. The molecule has 0 atom stereocenters. The first-order valence-electron chi connectivity index (χ1n) is 10.8. The second-order valence-corrected chi connectivity index (χ2v) is 8.58. The maximum atomic E-state index is 12.8. The second kappa shape index (κ2) is 11.1. The van der Waals surface area contributed by atoms with Gasteiger partial charge in [-0.2, -0.15) is 13.7 Å². The van der Waals surface area contributed by atoms with Crippen molar-refractivity contribution >= 4 is 22.9 Å². The predicted molar refractivity (Wildman–Crippen MR) is 121 cm³/mol. The number of aromatic amines is 1. The maximum Gasteiger partial charge on any atom is 0.335 e. The third kappa shape index (κ3) is 5.67. The zero-order valence-electron chi connectivity index (χ0n) is 18.2. The van der Waals surface area contributed by atoms with E-state index in [1.54, 1.807) is 0 Å². The first-order valence-corrected chi connectivity index (χ1v) is 11.5. The minimum absolute atomic E-state index is 0.0887. The van der Waals surface area contributed by atoms with E-state index in [1.165, 1.54) is 35.7 Å². The molecule has 1 fully saturated rings. The van der Waals surface area contributed by atoms with Crippen LogP contribution in [0, 0.1) is 11.3 Å². The molecule has 4 rings (SSSR count). The molecule has 1 N–H and O–H groups in total. The van der Waals surface area contributed by atoms with Crippen molar-refractivity contribution in [3.05, 3.63) is 58.7 Å². The van der Waals surface area contributed by atoms with Crippen molar-refractivity contribution in [1.82, 2.24) is 9.97 Å². The van der Waals surface area contributed by atoms with Crippen LogP contribution < -0.4 is 0 Å². The first kappa shape index (κ1) is 23.8. The van der Waals surface area contributed by atoms with E-state index in [-0.39, 0.29) is 23.4 Å². The molecule has 0 unspecified atom stereocenters. The molecule has 2 heterocycles. The number of benzene rings is 1. The number of nitriles is 1. The summed E-state index contributed by atoms with van der Waals surface area (Å²) < 4.78 is 22.2. The van der Waals surface area contributed by atoms with E-state index in [1.807, 2.05) is 6.07 Å². The lowest BCUT2D eigenvalue weighted by Gasteiger charge is -2.35. The van der Waals surface area contributed by atoms with Gasteiger partial charge in [0.2, 0.25) is 5.78 Å². The van der Waals surface area contributed by atoms with E-state index in [0.29, 0.717) is 5.69 Å². The molecule has 1 aliphatic carbocycles. The van der Waals surface area contributed by atoms with Gasteiger partial charge in [-0.1, -0.05) is 31.2 Å². The highest BCUT2D eigenvalue weighted by Crippen LogP contribution is 2.38. The molecule has 168 valence electrons. The molecule has 0 spiro atoms. The van der Waals surface area contributed by atoms with Crippen molar-refractivity contribution < 1.29 is 17.9 Å². The van der Waals surface area contributed by atoms with Crippen molar-refractivity contribution in [3.8, 4) is 6.07 Å². The summed E-state index contributed by atoms with van der Waals surface area (Å²) in [6.45, 7) is 3.92. The van der Waals surface area contributed by atoms with Crippen molar-refractivity contribution in [1.29, 1.82) is 5.26 Å². The van der Waals surface area contributed by atoms with E-state index >= 15 is 0 Å². The summed E-state index contributed by atoms with van der Waals surface area (Å²) in [6, 6.07) is 8.60. The molecule has 0 saturated carbocycles. The van der Waals surface area contributed by atoms with Crippen LogP contribution in [0.25, 0.3) is 5.57 Å². The van der Waals surface area contributed by atoms with Crippen molar-refractivity contribution in [2.24, 2.45) is 0 Å². The van der Waals surface area contributed by atoms with Crippen LogP contribution in [0.15, 0.2) is 30.5 Å². The number of rotatable bonds is 5. The van der Waals surface area contributed by atoms with E-state index < -0.39 is 11.6 Å². The predicted octanol–water partition coefficient (Wildman–Crippen LogP) is 4.06. The van der Waals surface area contributed by atoms with Gasteiger partial charge in [-0.25, -0.2) is 4.98 Å². The lowest BCUT2D eigenvalue weighted by atomic mass is 9.74. The minimum atomic E-state index is -0.750. The fourth-order valence-corrected chi connectivity index (χ4v) is 4.37. The van der Waals surface area contributed by atoms with Gasteiger partial charge in [-0.3, -0.25) is 4.79 Å². The van der Waals surface area contributed by atoms with Gasteiger partial charge in [0.25, 0.3) is 0 Å². The lowest BCUT2D eigenvalue weighted by Crippen LogP contribution is -2.30. The summed E-state index contributed by atoms with van der Waals surface area (Å²) in [7, 11) is 0. The Balaban J connectivity index is 0.000000913. The molecule has 1 aromatic heterocycles. The Morgan fingerprint density at radius 2 is 2.03 bits per heavy atom. The normalized spacial score (nSPS) is 17.3. The van der Waals surface area contributed by atoms with Crippen molar-refractivity contribution in [2.75, 3.05) is 13.2 Å². The quantitative estimate of drug-likeness (QED) is 0.683. The number of imidazole rings is 1. The summed E-state index contributed by atoms with van der Waals surface area (Å²) in [5, 5.41) is 8.97. The molecule has 2 aliphatic rings. The SMILES string of the molecule is CC1(c2ccc(CC(=O)c3ncc(C#N)[nH]3)c(C3=CCCCC3)c2)CCOCC1.O=S=O. The monoisotopic (exact) mass is 453 g/mol. The summed E-state index contributed by atoms with van der Waals surface area (Å²) >= 11 is -0.750. The van der Waals surface area contributed by atoms with Crippen LogP contribution in [0.1, 0.15) is 78.5 Å². The Hall–Kier alpha value is -2.89. The number of carbonyl (C=O) groups is 1. The lowest BCUT2D eigenvalue weighted by molar-refractivity contribution is 0.0564. The molecule has 0 amide bonds. The van der Waals surface area contributed by atoms with Crippen LogP contribution in [0.3, 0.4) is 0 Å². The summed E-state index contributed by atoms with van der Waals surface area (Å²) in [4.78, 5) is 19.7. The highest BCUT2D eigenvalue weighted by molar-refractivity contribution is 7.51. The fraction of sp³-hybridized carbons (Fsp3) is 0.458. The zero-order chi connectivity index (χ0) is 23.0. The maximum absolute atomic E-state index is 12.8. The Labute approximate surface area is 191 Å². The Kier molecular flexibility index (Phi) is 8.26. The summed E-state index contributed by atoms with van der Waals surface area (Å²) in [5.74, 6) is 0.166. The van der Waals surface area contributed by atoms with Crippen LogP contribution in [0.4, 0.5) is 0 Å². The number of nitrogens with one attached hydrogen (secondary N) is 1. The molecule has 1 aromatic carbocycles. The number of hydrogen-bond donors (Lipinski definition) is 1. The van der Waals surface area contributed by atoms with E-state index in [4.69, 9.17) is 18.4 Å². The van der Waals surface area contributed by atoms with Crippen LogP contribution in [0.2, 0.25) is 0 Å². The number of Topliss-reactive ketones (excluding diaryl/α,β-unsaturated/α-hetero) is 1. The van der Waals surface area contributed by atoms with E-state index in [9.17, 15) is 4.79 Å². The fourth-order valence-electron chi connectivity index (χ4n) is 4.37. The molecule has 0 bridgehead atoms. The third-order valence-corrected chi connectivity index (χ3v) is 6.35. The number of hydrogen-bond acceptors (Lipinski definition) is 6. The standard InChI is InChI=1S/C24H27N3O2.O2S/c1-24(9-11-29-12-10-24)19-8-7-18(21(14-19)17-5-3-2-4-6-17)13-22(28)23-26-16-20(15-25)27-23;1-3-2/h5,7-8,14,16H,2-4,6,9-13H2,1H3,(H,26,27);. The van der Waals surface area contributed by atoms with Gasteiger partial charge in [-0.05, 0) is 66.2 Å². The van der Waals surface area contributed by atoms with Crippen LogP contribution in [-0.4, -0.2) is 37.4 Å². The smallest absolute Gasteiger partial charge is 0.335 e. The van der Waals surface area contributed by atoms with Gasteiger partial charge in [-0.15, -0.1) is 0 Å². The average Bonchev–Trinajstić information content (AvgIpc) is 3.30. The van der Waals surface area contributed by atoms with Crippen molar-refractivity contribution in [2.45, 2.75) is 57.3 Å². The average molecular weight is 454 g/mol. The van der Waals surface area contributed by atoms with Gasteiger partial charge in [0.1, 0.15) is 11.8 Å².